The first kappa shape index (κ1) is 54.3. The Kier molecular flexibility index (Phi) is 21.5. The highest BCUT2D eigenvalue weighted by Gasteiger charge is 2.33. The molecule has 19 heteroatoms. The predicted octanol–water partition coefficient (Wildman–Crippen LogP) is 2.04. The molecule has 0 aromatic heterocycles. The molecule has 0 heterocycles. The van der Waals surface area contributed by atoms with Gasteiger partial charge in [0.25, 0.3) is 0 Å². The van der Waals surface area contributed by atoms with Crippen molar-refractivity contribution < 1.29 is 48.2 Å². The third kappa shape index (κ3) is 17.1. The SMILES string of the molecule is NCCCC[C@H](NC(=O)[C@H](CCCCN)NC(=O)CNC(=O)[C@H](CCC(N)=O)NC(=O)[C@H](Cc1ccccc1)NC(=O)[C@H](Cc1ccccc1)NC(=O)OCC1c2ccccc2-c2ccccc21)C(=O)O. The van der Waals surface area contributed by atoms with Crippen LogP contribution in [0.25, 0.3) is 11.1 Å². The molecule has 71 heavy (non-hydrogen) atoms. The van der Waals surface area contributed by atoms with E-state index in [1.165, 1.54) is 0 Å². The average molecular weight is 976 g/mol. The van der Waals surface area contributed by atoms with Crippen molar-refractivity contribution in [1.29, 1.82) is 0 Å². The topological polar surface area (TPSA) is 316 Å². The van der Waals surface area contributed by atoms with E-state index in [1.807, 2.05) is 48.5 Å². The summed E-state index contributed by atoms with van der Waals surface area (Å²) in [6.07, 6.45) is 0.666. The second-order valence-electron chi connectivity index (χ2n) is 17.3. The largest absolute Gasteiger partial charge is 0.480 e. The zero-order valence-electron chi connectivity index (χ0n) is 39.6. The van der Waals surface area contributed by atoms with Crippen molar-refractivity contribution >= 4 is 47.5 Å². The maximum Gasteiger partial charge on any atom is 0.407 e. The fourth-order valence-corrected chi connectivity index (χ4v) is 8.32. The van der Waals surface area contributed by atoms with Gasteiger partial charge >= 0.3 is 12.1 Å². The molecule has 0 saturated carbocycles. The van der Waals surface area contributed by atoms with E-state index < -0.39 is 84.3 Å². The molecule has 0 fully saturated rings. The van der Waals surface area contributed by atoms with Gasteiger partial charge in [-0.15, -0.1) is 0 Å². The molecular formula is C52H65N9O10. The van der Waals surface area contributed by atoms with Crippen LogP contribution in [0.3, 0.4) is 0 Å². The smallest absolute Gasteiger partial charge is 0.407 e. The summed E-state index contributed by atoms with van der Waals surface area (Å²) in [7, 11) is 0. The fraction of sp³-hybridized carbons (Fsp3) is 0.385. The van der Waals surface area contributed by atoms with Gasteiger partial charge in [-0.3, -0.25) is 28.8 Å². The van der Waals surface area contributed by atoms with Crippen molar-refractivity contribution in [3.05, 3.63) is 131 Å². The summed E-state index contributed by atoms with van der Waals surface area (Å²) in [4.78, 5) is 106. The maximum atomic E-state index is 14.3. The summed E-state index contributed by atoms with van der Waals surface area (Å²) >= 11 is 0. The van der Waals surface area contributed by atoms with Crippen molar-refractivity contribution in [2.45, 2.75) is 100 Å². The van der Waals surface area contributed by atoms with Gasteiger partial charge < -0.3 is 58.9 Å². The van der Waals surface area contributed by atoms with Crippen molar-refractivity contribution in [2.75, 3.05) is 26.2 Å². The van der Waals surface area contributed by atoms with E-state index >= 15 is 0 Å². The van der Waals surface area contributed by atoms with E-state index in [0.29, 0.717) is 49.9 Å². The second kappa shape index (κ2) is 28.1. The van der Waals surface area contributed by atoms with Gasteiger partial charge in [-0.1, -0.05) is 109 Å². The van der Waals surface area contributed by atoms with E-state index in [2.05, 4.69) is 31.9 Å². The number of carboxylic acid groups (broad SMARTS) is 1. The number of aliphatic carboxylic acids is 1. The molecule has 378 valence electrons. The van der Waals surface area contributed by atoms with Crippen LogP contribution < -0.4 is 49.1 Å². The number of fused-ring (bicyclic) bond motifs is 3. The van der Waals surface area contributed by atoms with E-state index in [4.69, 9.17) is 21.9 Å². The minimum Gasteiger partial charge on any atom is -0.480 e. The van der Waals surface area contributed by atoms with Crippen molar-refractivity contribution in [2.24, 2.45) is 17.2 Å². The molecule has 19 nitrogen and oxygen atoms in total. The third-order valence-corrected chi connectivity index (χ3v) is 12.0. The van der Waals surface area contributed by atoms with Crippen molar-refractivity contribution in [3.63, 3.8) is 0 Å². The Morgan fingerprint density at radius 3 is 1.49 bits per heavy atom. The van der Waals surface area contributed by atoms with Gasteiger partial charge in [0.1, 0.15) is 36.8 Å². The summed E-state index contributed by atoms with van der Waals surface area (Å²) in [5, 5.41) is 25.2. The van der Waals surface area contributed by atoms with Gasteiger partial charge in [0.15, 0.2) is 0 Å². The minimum absolute atomic E-state index is 0.0110. The molecule has 0 aliphatic heterocycles. The number of nitrogens with one attached hydrogen (secondary N) is 6. The Balaban J connectivity index is 1.29. The number of nitrogens with two attached hydrogens (primary N) is 3. The van der Waals surface area contributed by atoms with Crippen LogP contribution in [-0.2, 0) is 51.1 Å². The van der Waals surface area contributed by atoms with Crippen LogP contribution in [0.1, 0.15) is 79.5 Å². The molecule has 5 rings (SSSR count). The lowest BCUT2D eigenvalue weighted by molar-refractivity contribution is -0.142. The average Bonchev–Trinajstić information content (AvgIpc) is 3.68. The van der Waals surface area contributed by atoms with E-state index in [1.54, 1.807) is 60.7 Å². The van der Waals surface area contributed by atoms with E-state index in [9.17, 15) is 43.5 Å². The Hall–Kier alpha value is -7.64. The first-order valence-corrected chi connectivity index (χ1v) is 23.9. The lowest BCUT2D eigenvalue weighted by atomic mass is 9.98. The normalized spacial score (nSPS) is 13.7. The van der Waals surface area contributed by atoms with Crippen LogP contribution in [0.2, 0.25) is 0 Å². The highest BCUT2D eigenvalue weighted by Crippen LogP contribution is 2.44. The molecule has 0 radical (unpaired) electrons. The summed E-state index contributed by atoms with van der Waals surface area (Å²) in [6, 6.07) is 27.1. The molecule has 4 aromatic rings. The van der Waals surface area contributed by atoms with Gasteiger partial charge in [0, 0.05) is 25.2 Å². The molecule has 0 unspecified atom stereocenters. The fourth-order valence-electron chi connectivity index (χ4n) is 8.32. The molecule has 0 spiro atoms. The van der Waals surface area contributed by atoms with Crippen LogP contribution in [0, 0.1) is 0 Å². The minimum atomic E-state index is -1.44. The summed E-state index contributed by atoms with van der Waals surface area (Å²) in [5.74, 6) is -6.25. The summed E-state index contributed by atoms with van der Waals surface area (Å²) in [5.41, 5.74) is 22.1. The molecular weight excluding hydrogens is 911 g/mol. The predicted molar refractivity (Wildman–Crippen MR) is 265 cm³/mol. The number of carbonyl (C=O) groups excluding carboxylic acids is 7. The standard InChI is InChI=1S/C52H65N9O10/c53-27-13-11-23-40(48(65)59-42(51(68)69)24-12-14-28-54)57-46(63)31-56-47(64)41(25-26-45(55)62)58-49(66)43(29-33-15-3-1-4-16-33)60-50(67)44(30-34-17-5-2-6-18-34)61-52(70)71-32-39-37-21-9-7-19-35(37)36-20-8-10-22-38(36)39/h1-10,15-22,39-44H,11-14,23-32,53-54H2,(H2,55,62)(H,56,64)(H,57,63)(H,58,66)(H,59,65)(H,60,67)(H,61,70)(H,68,69)/t40-,41-,42-,43-,44-/m0/s1. The monoisotopic (exact) mass is 975 g/mol. The summed E-state index contributed by atoms with van der Waals surface area (Å²) in [6.45, 7) is -0.0183. The van der Waals surface area contributed by atoms with E-state index in [0.717, 1.165) is 22.3 Å². The highest BCUT2D eigenvalue weighted by molar-refractivity contribution is 5.96. The lowest BCUT2D eigenvalue weighted by Gasteiger charge is -2.26. The number of amides is 7. The first-order chi connectivity index (χ1) is 34.3. The Morgan fingerprint density at radius 1 is 0.521 bits per heavy atom. The molecule has 5 atom stereocenters. The third-order valence-electron chi connectivity index (χ3n) is 12.0. The number of benzene rings is 4. The van der Waals surface area contributed by atoms with E-state index in [-0.39, 0.29) is 51.0 Å². The number of hydrogen-bond acceptors (Lipinski definition) is 11. The highest BCUT2D eigenvalue weighted by atomic mass is 16.5. The quantitative estimate of drug-likeness (QED) is 0.0350. The summed E-state index contributed by atoms with van der Waals surface area (Å²) < 4.78 is 5.80. The molecule has 0 saturated heterocycles. The Labute approximate surface area is 412 Å². The molecule has 1 aliphatic rings. The molecule has 0 bridgehead atoms. The molecule has 13 N–H and O–H groups in total. The van der Waals surface area contributed by atoms with Crippen molar-refractivity contribution in [3.8, 4) is 11.1 Å². The molecule has 1 aliphatic carbocycles. The van der Waals surface area contributed by atoms with Gasteiger partial charge in [-0.25, -0.2) is 9.59 Å². The zero-order valence-corrected chi connectivity index (χ0v) is 39.6. The van der Waals surface area contributed by atoms with Crippen molar-refractivity contribution in [1.82, 2.24) is 31.9 Å². The second-order valence-corrected chi connectivity index (χ2v) is 17.3. The van der Waals surface area contributed by atoms with Crippen LogP contribution >= 0.6 is 0 Å². The van der Waals surface area contributed by atoms with Crippen LogP contribution in [0.4, 0.5) is 4.79 Å². The number of carbonyl (C=O) groups is 8. The molecule has 7 amide bonds. The van der Waals surface area contributed by atoms with Crippen LogP contribution in [0.5, 0.6) is 0 Å². The van der Waals surface area contributed by atoms with Gasteiger partial charge in [-0.2, -0.15) is 0 Å². The number of alkyl carbamates (subject to hydrolysis) is 1. The number of hydrogen-bond donors (Lipinski definition) is 10. The van der Waals surface area contributed by atoms with Gasteiger partial charge in [0.05, 0.1) is 6.54 Å². The molecule has 4 aromatic carbocycles. The number of primary amides is 1. The van der Waals surface area contributed by atoms with Gasteiger partial charge in [0.2, 0.25) is 35.4 Å². The Bertz CT molecular complexity index is 2400. The van der Waals surface area contributed by atoms with Crippen LogP contribution in [0.15, 0.2) is 109 Å². The van der Waals surface area contributed by atoms with Gasteiger partial charge in [-0.05, 0) is 91.4 Å². The number of ether oxygens (including phenoxy) is 1. The van der Waals surface area contributed by atoms with Crippen LogP contribution in [-0.4, -0.2) is 109 Å². The number of unbranched alkanes of at least 4 members (excludes halogenated alkanes) is 2. The maximum absolute atomic E-state index is 14.3. The lowest BCUT2D eigenvalue weighted by Crippen LogP contribution is -2.58. The first-order valence-electron chi connectivity index (χ1n) is 23.9. The Morgan fingerprint density at radius 2 is 0.972 bits per heavy atom. The zero-order chi connectivity index (χ0) is 51.1. The number of rotatable bonds is 29. The number of carboxylic acids is 1.